The molecule has 3 N–H and O–H groups in total. The zero-order chi connectivity index (χ0) is 16.8. The highest BCUT2D eigenvalue weighted by molar-refractivity contribution is 5.94. The van der Waals surface area contributed by atoms with Gasteiger partial charge in [-0.05, 0) is 23.8 Å². The lowest BCUT2D eigenvalue weighted by Crippen LogP contribution is -2.37. The normalized spacial score (nSPS) is 13.9. The molecular formula is C18H23ClN4O2. The molecule has 6 nitrogen and oxygen atoms in total. The van der Waals surface area contributed by atoms with Gasteiger partial charge in [0.1, 0.15) is 5.82 Å². The first-order chi connectivity index (χ1) is 11.8. The van der Waals surface area contributed by atoms with Crippen LogP contribution in [0.1, 0.15) is 21.5 Å². The standard InChI is InChI=1S/C18H22N4O2.ClH/c19-12-14-3-5-15(6-4-14)18(23)21-13-16-2-1-7-20-17(16)22-8-10-24-11-9-22;/h1-7H,8-13,19H2,(H,21,23);1H. The number of ether oxygens (including phenoxy) is 1. The summed E-state index contributed by atoms with van der Waals surface area (Å²) in [5, 5.41) is 2.96. The lowest BCUT2D eigenvalue weighted by atomic mass is 10.1. The number of halogens is 1. The molecule has 0 saturated carbocycles. The van der Waals surface area contributed by atoms with Gasteiger partial charge < -0.3 is 20.7 Å². The number of nitrogens with zero attached hydrogens (tertiary/aromatic N) is 2. The van der Waals surface area contributed by atoms with Crippen LogP contribution in [0.25, 0.3) is 0 Å². The molecule has 25 heavy (non-hydrogen) atoms. The number of amides is 1. The lowest BCUT2D eigenvalue weighted by molar-refractivity contribution is 0.0950. The molecule has 0 radical (unpaired) electrons. The number of hydrogen-bond donors (Lipinski definition) is 2. The largest absolute Gasteiger partial charge is 0.378 e. The monoisotopic (exact) mass is 362 g/mol. The smallest absolute Gasteiger partial charge is 0.251 e. The van der Waals surface area contributed by atoms with E-state index in [1.54, 1.807) is 18.3 Å². The molecule has 1 fully saturated rings. The van der Waals surface area contributed by atoms with E-state index in [9.17, 15) is 4.79 Å². The van der Waals surface area contributed by atoms with Crippen LogP contribution in [-0.2, 0) is 17.8 Å². The van der Waals surface area contributed by atoms with E-state index in [-0.39, 0.29) is 18.3 Å². The Hall–Kier alpha value is -2.15. The Morgan fingerprint density at radius 3 is 2.60 bits per heavy atom. The number of rotatable bonds is 5. The number of nitrogens with two attached hydrogens (primary N) is 1. The van der Waals surface area contributed by atoms with E-state index in [0.29, 0.717) is 31.9 Å². The van der Waals surface area contributed by atoms with Crippen molar-refractivity contribution in [2.24, 2.45) is 5.73 Å². The number of carbonyl (C=O) groups is 1. The van der Waals surface area contributed by atoms with E-state index >= 15 is 0 Å². The molecule has 0 bridgehead atoms. The molecule has 0 atom stereocenters. The second kappa shape index (κ2) is 9.36. The number of hydrogen-bond acceptors (Lipinski definition) is 5. The number of carbonyl (C=O) groups excluding carboxylic acids is 1. The second-order valence-corrected chi connectivity index (χ2v) is 5.67. The second-order valence-electron chi connectivity index (χ2n) is 5.67. The number of pyridine rings is 1. The summed E-state index contributed by atoms with van der Waals surface area (Å²) >= 11 is 0. The molecule has 0 aliphatic carbocycles. The van der Waals surface area contributed by atoms with Crippen molar-refractivity contribution in [1.29, 1.82) is 0 Å². The number of morpholine rings is 1. The van der Waals surface area contributed by atoms with E-state index in [4.69, 9.17) is 10.5 Å². The van der Waals surface area contributed by atoms with Gasteiger partial charge in [0.25, 0.3) is 5.91 Å². The Labute approximate surface area is 153 Å². The Morgan fingerprint density at radius 1 is 1.20 bits per heavy atom. The summed E-state index contributed by atoms with van der Waals surface area (Å²) in [5.41, 5.74) is 8.22. The average Bonchev–Trinajstić information content (AvgIpc) is 2.67. The van der Waals surface area contributed by atoms with Crippen LogP contribution in [0.2, 0.25) is 0 Å². The molecule has 1 aliphatic heterocycles. The minimum atomic E-state index is -0.102. The fourth-order valence-electron chi connectivity index (χ4n) is 2.70. The van der Waals surface area contributed by atoms with Gasteiger partial charge in [-0.25, -0.2) is 4.98 Å². The van der Waals surface area contributed by atoms with Crippen molar-refractivity contribution in [3.63, 3.8) is 0 Å². The van der Waals surface area contributed by atoms with E-state index in [0.717, 1.165) is 30.0 Å². The summed E-state index contributed by atoms with van der Waals surface area (Å²) in [6, 6.07) is 11.2. The summed E-state index contributed by atoms with van der Waals surface area (Å²) in [6.45, 7) is 3.96. The van der Waals surface area contributed by atoms with Gasteiger partial charge in [0.05, 0.1) is 13.2 Å². The van der Waals surface area contributed by atoms with Gasteiger partial charge in [-0.2, -0.15) is 0 Å². The van der Waals surface area contributed by atoms with E-state index < -0.39 is 0 Å². The van der Waals surface area contributed by atoms with Gasteiger partial charge >= 0.3 is 0 Å². The van der Waals surface area contributed by atoms with Gasteiger partial charge in [-0.1, -0.05) is 18.2 Å². The van der Waals surface area contributed by atoms with Crippen LogP contribution in [0, 0.1) is 0 Å². The van der Waals surface area contributed by atoms with Gasteiger partial charge in [0, 0.05) is 43.5 Å². The third-order valence-corrected chi connectivity index (χ3v) is 4.07. The lowest BCUT2D eigenvalue weighted by Gasteiger charge is -2.29. The summed E-state index contributed by atoms with van der Waals surface area (Å²) in [4.78, 5) is 19.0. The molecule has 7 heteroatoms. The first-order valence-electron chi connectivity index (χ1n) is 8.11. The van der Waals surface area contributed by atoms with E-state index in [2.05, 4.69) is 15.2 Å². The highest BCUT2D eigenvalue weighted by Gasteiger charge is 2.16. The fourth-order valence-corrected chi connectivity index (χ4v) is 2.70. The highest BCUT2D eigenvalue weighted by atomic mass is 35.5. The Kier molecular flexibility index (Phi) is 7.18. The van der Waals surface area contributed by atoms with Crippen molar-refractivity contribution in [1.82, 2.24) is 10.3 Å². The zero-order valence-corrected chi connectivity index (χ0v) is 14.8. The van der Waals surface area contributed by atoms with Crippen LogP contribution < -0.4 is 16.0 Å². The van der Waals surface area contributed by atoms with Crippen molar-refractivity contribution >= 4 is 24.1 Å². The van der Waals surface area contributed by atoms with Crippen LogP contribution in [0.5, 0.6) is 0 Å². The molecular weight excluding hydrogens is 340 g/mol. The zero-order valence-electron chi connectivity index (χ0n) is 14.0. The van der Waals surface area contributed by atoms with Crippen LogP contribution in [-0.4, -0.2) is 37.2 Å². The maximum Gasteiger partial charge on any atom is 0.251 e. The van der Waals surface area contributed by atoms with Gasteiger partial charge in [0.2, 0.25) is 0 Å². The number of benzene rings is 1. The molecule has 2 aromatic rings. The third-order valence-electron chi connectivity index (χ3n) is 4.07. The third kappa shape index (κ3) is 4.92. The average molecular weight is 363 g/mol. The van der Waals surface area contributed by atoms with Gasteiger partial charge in [0.15, 0.2) is 0 Å². The van der Waals surface area contributed by atoms with Crippen molar-refractivity contribution in [3.05, 3.63) is 59.3 Å². The molecule has 0 unspecified atom stereocenters. The quantitative estimate of drug-likeness (QED) is 0.846. The minimum absolute atomic E-state index is 0. The molecule has 1 aromatic carbocycles. The first-order valence-corrected chi connectivity index (χ1v) is 8.11. The molecule has 3 rings (SSSR count). The minimum Gasteiger partial charge on any atom is -0.378 e. The van der Waals surface area contributed by atoms with Gasteiger partial charge in [-0.3, -0.25) is 4.79 Å². The summed E-state index contributed by atoms with van der Waals surface area (Å²) < 4.78 is 5.39. The SMILES string of the molecule is Cl.NCc1ccc(C(=O)NCc2cccnc2N2CCOCC2)cc1. The predicted molar refractivity (Wildman–Crippen MR) is 100 cm³/mol. The number of anilines is 1. The topological polar surface area (TPSA) is 80.5 Å². The maximum absolute atomic E-state index is 12.3. The molecule has 1 amide bonds. The predicted octanol–water partition coefficient (Wildman–Crippen LogP) is 1.73. The van der Waals surface area contributed by atoms with Crippen LogP contribution >= 0.6 is 12.4 Å². The van der Waals surface area contributed by atoms with Crippen molar-refractivity contribution < 1.29 is 9.53 Å². The molecule has 134 valence electrons. The summed E-state index contributed by atoms with van der Waals surface area (Å²) in [5.74, 6) is 0.815. The van der Waals surface area contributed by atoms with Crippen molar-refractivity contribution in [2.45, 2.75) is 13.1 Å². The van der Waals surface area contributed by atoms with Gasteiger partial charge in [-0.15, -0.1) is 12.4 Å². The Bertz CT molecular complexity index is 688. The number of nitrogens with one attached hydrogen (secondary N) is 1. The number of aromatic nitrogens is 1. The summed E-state index contributed by atoms with van der Waals surface area (Å²) in [6.07, 6.45) is 1.78. The molecule has 1 saturated heterocycles. The van der Waals surface area contributed by atoms with Crippen LogP contribution in [0.3, 0.4) is 0 Å². The molecule has 1 aliphatic rings. The van der Waals surface area contributed by atoms with Crippen molar-refractivity contribution in [3.8, 4) is 0 Å². The fraction of sp³-hybridized carbons (Fsp3) is 0.333. The van der Waals surface area contributed by atoms with E-state index in [1.807, 2.05) is 24.3 Å². The Morgan fingerprint density at radius 2 is 1.92 bits per heavy atom. The summed E-state index contributed by atoms with van der Waals surface area (Å²) in [7, 11) is 0. The molecule has 1 aromatic heterocycles. The van der Waals surface area contributed by atoms with Crippen LogP contribution in [0.4, 0.5) is 5.82 Å². The van der Waals surface area contributed by atoms with Crippen LogP contribution in [0.15, 0.2) is 42.6 Å². The molecule has 0 spiro atoms. The molecule has 2 heterocycles. The maximum atomic E-state index is 12.3. The first kappa shape index (κ1) is 19.2. The Balaban J connectivity index is 0.00000225. The van der Waals surface area contributed by atoms with E-state index in [1.165, 1.54) is 0 Å². The highest BCUT2D eigenvalue weighted by Crippen LogP contribution is 2.18. The van der Waals surface area contributed by atoms with Crippen molar-refractivity contribution in [2.75, 3.05) is 31.2 Å².